The second-order valence-corrected chi connectivity index (χ2v) is 10.2. The Hall–Kier alpha value is -0.900. The van der Waals surface area contributed by atoms with Crippen LogP contribution in [0.4, 0.5) is 0 Å². The predicted molar refractivity (Wildman–Crippen MR) is 111 cm³/mol. The molecule has 2 bridgehead atoms. The molecule has 2 aliphatic rings. The minimum atomic E-state index is -4.01. The molecule has 1 aromatic carbocycles. The van der Waals surface area contributed by atoms with Crippen LogP contribution >= 0.6 is 23.2 Å². The molecule has 3 atom stereocenters. The zero-order chi connectivity index (χ0) is 21.2. The number of nitrogens with zero attached hydrogens (tertiary/aromatic N) is 2. The second-order valence-electron chi connectivity index (χ2n) is 7.50. The lowest BCUT2D eigenvalue weighted by molar-refractivity contribution is -0.135. The molecule has 0 aromatic heterocycles. The minimum absolute atomic E-state index is 0.0206. The number of carbonyl (C=O) groups is 1. The van der Waals surface area contributed by atoms with Crippen molar-refractivity contribution in [2.24, 2.45) is 5.92 Å². The van der Waals surface area contributed by atoms with E-state index in [1.807, 2.05) is 0 Å². The Kier molecular flexibility index (Phi) is 7.46. The molecular formula is C19H26Cl2N2O5S. The molecule has 0 unspecified atom stereocenters. The van der Waals surface area contributed by atoms with Crippen LogP contribution in [-0.4, -0.2) is 74.1 Å². The summed E-state index contributed by atoms with van der Waals surface area (Å²) < 4.78 is 33.7. The van der Waals surface area contributed by atoms with Crippen LogP contribution in [0, 0.1) is 5.92 Å². The topological polar surface area (TPSA) is 87.2 Å². The standard InChI is InChI=1S/C19H26Cl2N2O5S/c1-28-8-6-22-12-13(5-7-24)17-3-2-4-18(19(22)25)23(17)29(26,27)16-10-14(20)9-15(21)11-16/h9-11,13,17-18,24H,2-8,12H2,1H3/t13-,17+,18-/m0/s1. The average molecular weight is 465 g/mol. The molecule has 7 nitrogen and oxygen atoms in total. The van der Waals surface area contributed by atoms with E-state index in [0.717, 1.165) is 6.42 Å². The number of ether oxygens (including phenoxy) is 1. The van der Waals surface area contributed by atoms with E-state index in [0.29, 0.717) is 39.0 Å². The molecular weight excluding hydrogens is 439 g/mol. The largest absolute Gasteiger partial charge is 0.396 e. The molecule has 2 heterocycles. The summed E-state index contributed by atoms with van der Waals surface area (Å²) in [4.78, 5) is 14.9. The van der Waals surface area contributed by atoms with Gasteiger partial charge in [-0.2, -0.15) is 4.31 Å². The molecule has 3 rings (SSSR count). The summed E-state index contributed by atoms with van der Waals surface area (Å²) >= 11 is 12.1. The fourth-order valence-electron chi connectivity index (χ4n) is 4.38. The molecule has 0 spiro atoms. The van der Waals surface area contributed by atoms with E-state index in [-0.39, 0.29) is 39.4 Å². The van der Waals surface area contributed by atoms with E-state index in [4.69, 9.17) is 27.9 Å². The summed E-state index contributed by atoms with van der Waals surface area (Å²) in [6, 6.07) is 3.03. The van der Waals surface area contributed by atoms with Gasteiger partial charge in [0.25, 0.3) is 0 Å². The van der Waals surface area contributed by atoms with Crippen LogP contribution in [0.2, 0.25) is 10.0 Å². The van der Waals surface area contributed by atoms with Crippen molar-refractivity contribution in [3.63, 3.8) is 0 Å². The fourth-order valence-corrected chi connectivity index (χ4v) is 7.00. The number of fused-ring (bicyclic) bond motifs is 2. The smallest absolute Gasteiger partial charge is 0.244 e. The number of rotatable bonds is 7. The van der Waals surface area contributed by atoms with Crippen LogP contribution in [0.5, 0.6) is 0 Å². The maximum atomic E-state index is 13.6. The number of carbonyl (C=O) groups excluding carboxylic acids is 1. The number of benzene rings is 1. The highest BCUT2D eigenvalue weighted by Crippen LogP contribution is 2.38. The lowest BCUT2D eigenvalue weighted by Crippen LogP contribution is -2.55. The normalized spacial score (nSPS) is 25.9. The van der Waals surface area contributed by atoms with Crippen molar-refractivity contribution in [2.75, 3.05) is 33.4 Å². The van der Waals surface area contributed by atoms with Crippen LogP contribution in [0.25, 0.3) is 0 Å². The molecule has 0 radical (unpaired) electrons. The molecule has 162 valence electrons. The first-order valence-corrected chi connectivity index (χ1v) is 11.9. The number of piperidine rings is 1. The van der Waals surface area contributed by atoms with Gasteiger partial charge in [-0.25, -0.2) is 8.42 Å². The highest BCUT2D eigenvalue weighted by atomic mass is 35.5. The quantitative estimate of drug-likeness (QED) is 0.669. The van der Waals surface area contributed by atoms with Gasteiger partial charge >= 0.3 is 0 Å². The van der Waals surface area contributed by atoms with Crippen LogP contribution in [0.3, 0.4) is 0 Å². The lowest BCUT2D eigenvalue weighted by Gasteiger charge is -2.40. The van der Waals surface area contributed by atoms with Gasteiger partial charge in [0.1, 0.15) is 6.04 Å². The molecule has 2 aliphatic heterocycles. The Labute approximate surface area is 181 Å². The molecule has 10 heteroatoms. The molecule has 0 aliphatic carbocycles. The highest BCUT2D eigenvalue weighted by Gasteiger charge is 2.49. The van der Waals surface area contributed by atoms with Crippen LogP contribution < -0.4 is 0 Å². The van der Waals surface area contributed by atoms with Gasteiger partial charge in [0, 0.05) is 42.9 Å². The lowest BCUT2D eigenvalue weighted by atomic mass is 9.88. The molecule has 1 aromatic rings. The number of sulfonamides is 1. The van der Waals surface area contributed by atoms with Crippen LogP contribution in [0.1, 0.15) is 25.7 Å². The zero-order valence-electron chi connectivity index (χ0n) is 16.3. The van der Waals surface area contributed by atoms with Gasteiger partial charge in [-0.1, -0.05) is 23.2 Å². The fraction of sp³-hybridized carbons (Fsp3) is 0.632. The Balaban J connectivity index is 2.07. The highest BCUT2D eigenvalue weighted by molar-refractivity contribution is 7.89. The molecule has 2 saturated heterocycles. The van der Waals surface area contributed by atoms with Gasteiger partial charge in [0.2, 0.25) is 15.9 Å². The number of aliphatic hydroxyl groups excluding tert-OH is 1. The van der Waals surface area contributed by atoms with E-state index < -0.39 is 16.1 Å². The average Bonchev–Trinajstić information content (AvgIpc) is 2.74. The van der Waals surface area contributed by atoms with Gasteiger partial charge in [-0.3, -0.25) is 4.79 Å². The van der Waals surface area contributed by atoms with Gasteiger partial charge in [-0.05, 0) is 49.8 Å². The number of hydrogen-bond donors (Lipinski definition) is 1. The molecule has 2 fully saturated rings. The van der Waals surface area contributed by atoms with Crippen LogP contribution in [-0.2, 0) is 19.6 Å². The second kappa shape index (κ2) is 9.49. The zero-order valence-corrected chi connectivity index (χ0v) is 18.6. The van der Waals surface area contributed by atoms with Crippen molar-refractivity contribution >= 4 is 39.1 Å². The number of halogens is 2. The summed E-state index contributed by atoms with van der Waals surface area (Å²) in [5, 5.41) is 10.0. The van der Waals surface area contributed by atoms with Crippen molar-refractivity contribution in [3.05, 3.63) is 28.2 Å². The third kappa shape index (κ3) is 4.73. The maximum Gasteiger partial charge on any atom is 0.244 e. The number of amides is 1. The Bertz CT molecular complexity index is 831. The summed E-state index contributed by atoms with van der Waals surface area (Å²) in [5.41, 5.74) is 0. The predicted octanol–water partition coefficient (Wildman–Crippen LogP) is 2.39. The number of aliphatic hydroxyl groups is 1. The van der Waals surface area contributed by atoms with E-state index in [1.165, 1.54) is 22.5 Å². The maximum absolute atomic E-state index is 13.6. The van der Waals surface area contributed by atoms with Crippen molar-refractivity contribution < 1.29 is 23.1 Å². The van der Waals surface area contributed by atoms with E-state index in [1.54, 1.807) is 12.0 Å². The third-order valence-electron chi connectivity index (χ3n) is 5.68. The van der Waals surface area contributed by atoms with Gasteiger partial charge in [-0.15, -0.1) is 0 Å². The number of methoxy groups -OCH3 is 1. The molecule has 29 heavy (non-hydrogen) atoms. The van der Waals surface area contributed by atoms with Gasteiger partial charge in [0.15, 0.2) is 0 Å². The minimum Gasteiger partial charge on any atom is -0.396 e. The molecule has 1 N–H and O–H groups in total. The summed E-state index contributed by atoms with van der Waals surface area (Å²) in [6.45, 7) is 1.07. The molecule has 0 saturated carbocycles. The Morgan fingerprint density at radius 2 is 1.90 bits per heavy atom. The third-order valence-corrected chi connectivity index (χ3v) is 8.03. The summed E-state index contributed by atoms with van der Waals surface area (Å²) in [7, 11) is -2.45. The SMILES string of the molecule is COCCN1C[C@H](CCO)[C@H]2CCC[C@@H](C1=O)N2S(=O)(=O)c1cc(Cl)cc(Cl)c1. The summed E-state index contributed by atoms with van der Waals surface area (Å²) in [5.74, 6) is -0.389. The van der Waals surface area contributed by atoms with Crippen molar-refractivity contribution in [1.82, 2.24) is 9.21 Å². The van der Waals surface area contributed by atoms with E-state index in [2.05, 4.69) is 0 Å². The Morgan fingerprint density at radius 3 is 2.52 bits per heavy atom. The summed E-state index contributed by atoms with van der Waals surface area (Å²) in [6.07, 6.45) is 2.26. The van der Waals surface area contributed by atoms with E-state index in [9.17, 15) is 18.3 Å². The van der Waals surface area contributed by atoms with Crippen molar-refractivity contribution in [3.8, 4) is 0 Å². The van der Waals surface area contributed by atoms with Gasteiger partial charge in [0.05, 0.1) is 11.5 Å². The monoisotopic (exact) mass is 464 g/mol. The molecule has 1 amide bonds. The van der Waals surface area contributed by atoms with Crippen LogP contribution in [0.15, 0.2) is 23.1 Å². The van der Waals surface area contributed by atoms with Gasteiger partial charge < -0.3 is 14.7 Å². The van der Waals surface area contributed by atoms with E-state index >= 15 is 0 Å². The first-order chi connectivity index (χ1) is 13.8. The van der Waals surface area contributed by atoms with Crippen molar-refractivity contribution in [2.45, 2.75) is 42.7 Å². The number of hydrogen-bond acceptors (Lipinski definition) is 5. The van der Waals surface area contributed by atoms with Crippen molar-refractivity contribution in [1.29, 1.82) is 0 Å². The first kappa shape index (κ1) is 22.8. The first-order valence-electron chi connectivity index (χ1n) is 9.67. The Morgan fingerprint density at radius 1 is 1.21 bits per heavy atom.